The summed E-state index contributed by atoms with van der Waals surface area (Å²) < 4.78 is 17.4. The Hall–Kier alpha value is 0.0169. The Balaban J connectivity index is 2.72. The molecular weight excluding hydrogens is 288 g/mol. The molecule has 0 spiro atoms. The summed E-state index contributed by atoms with van der Waals surface area (Å²) in [5.41, 5.74) is -0.422. The van der Waals surface area contributed by atoms with Crippen LogP contribution >= 0.6 is 0 Å². The van der Waals surface area contributed by atoms with Gasteiger partial charge in [-0.15, -0.1) is 0 Å². The Morgan fingerprint density at radius 2 is 1.57 bits per heavy atom. The second kappa shape index (κ2) is 6.26. The van der Waals surface area contributed by atoms with E-state index in [0.717, 1.165) is 0 Å². The van der Waals surface area contributed by atoms with E-state index < -0.39 is 38.5 Å². The monoisotopic (exact) mass is 320 g/mol. The van der Waals surface area contributed by atoms with Gasteiger partial charge in [0.25, 0.3) is 0 Å². The molecule has 0 amide bonds. The predicted molar refractivity (Wildman–Crippen MR) is 84.7 cm³/mol. The highest BCUT2D eigenvalue weighted by Crippen LogP contribution is 2.37. The van der Waals surface area contributed by atoms with Gasteiger partial charge in [-0.3, -0.25) is 0 Å². The van der Waals surface area contributed by atoms with Gasteiger partial charge in [0, 0.05) is 0 Å². The minimum atomic E-state index is -1.90. The van der Waals surface area contributed by atoms with Crippen LogP contribution in [0.15, 0.2) is 0 Å². The zero-order valence-electron chi connectivity index (χ0n) is 14.6. The van der Waals surface area contributed by atoms with E-state index in [1.165, 1.54) is 0 Å². The van der Waals surface area contributed by atoms with E-state index >= 15 is 0 Å². The second-order valence-corrected chi connectivity index (χ2v) is 13.1. The maximum atomic E-state index is 10.0. The molecule has 1 aliphatic heterocycles. The molecule has 2 unspecified atom stereocenters. The first-order valence-corrected chi connectivity index (χ1v) is 10.5. The SMILES string of the molecule is CC(C)(C)O[C@@H]1C(CO[Si](C)(C)C(C)(C)C)OC(O)[C@@H]1O. The van der Waals surface area contributed by atoms with Gasteiger partial charge in [0.1, 0.15) is 18.3 Å². The maximum absolute atomic E-state index is 10.0. The minimum absolute atomic E-state index is 0.100. The quantitative estimate of drug-likeness (QED) is 0.778. The summed E-state index contributed by atoms with van der Waals surface area (Å²) in [5.74, 6) is 0. The lowest BCUT2D eigenvalue weighted by Gasteiger charge is -2.37. The van der Waals surface area contributed by atoms with Crippen LogP contribution in [-0.4, -0.2) is 55.3 Å². The Morgan fingerprint density at radius 3 is 2.00 bits per heavy atom. The molecule has 4 atom stereocenters. The molecule has 0 aromatic rings. The van der Waals surface area contributed by atoms with Crippen molar-refractivity contribution in [3.63, 3.8) is 0 Å². The molecule has 5 nitrogen and oxygen atoms in total. The molecule has 0 aromatic heterocycles. The molecule has 0 aliphatic carbocycles. The molecule has 126 valence electrons. The summed E-state index contributed by atoms with van der Waals surface area (Å²) in [6.45, 7) is 16.9. The Morgan fingerprint density at radius 1 is 1.05 bits per heavy atom. The van der Waals surface area contributed by atoms with E-state index in [1.807, 2.05) is 20.8 Å². The van der Waals surface area contributed by atoms with Crippen LogP contribution < -0.4 is 0 Å². The molecule has 1 heterocycles. The fourth-order valence-electron chi connectivity index (χ4n) is 1.91. The molecule has 6 heteroatoms. The number of ether oxygens (including phenoxy) is 2. The van der Waals surface area contributed by atoms with E-state index in [-0.39, 0.29) is 5.04 Å². The van der Waals surface area contributed by atoms with Gasteiger partial charge in [0.05, 0.1) is 12.2 Å². The maximum Gasteiger partial charge on any atom is 0.192 e. The van der Waals surface area contributed by atoms with Crippen molar-refractivity contribution in [2.24, 2.45) is 0 Å². The number of rotatable bonds is 4. The van der Waals surface area contributed by atoms with Gasteiger partial charge in [-0.25, -0.2) is 0 Å². The van der Waals surface area contributed by atoms with Crippen molar-refractivity contribution < 1.29 is 24.1 Å². The largest absolute Gasteiger partial charge is 0.414 e. The van der Waals surface area contributed by atoms with Crippen molar-refractivity contribution in [1.29, 1.82) is 0 Å². The summed E-state index contributed by atoms with van der Waals surface area (Å²) in [6, 6.07) is 0. The average molecular weight is 321 g/mol. The smallest absolute Gasteiger partial charge is 0.192 e. The molecule has 1 saturated heterocycles. The van der Waals surface area contributed by atoms with E-state index in [9.17, 15) is 10.2 Å². The summed E-state index contributed by atoms with van der Waals surface area (Å²) in [6.07, 6.45) is -3.30. The Labute approximate surface area is 129 Å². The van der Waals surface area contributed by atoms with Crippen molar-refractivity contribution in [3.05, 3.63) is 0 Å². The second-order valence-electron chi connectivity index (χ2n) is 8.32. The van der Waals surface area contributed by atoms with Crippen LogP contribution in [0.5, 0.6) is 0 Å². The summed E-state index contributed by atoms with van der Waals surface area (Å²) in [4.78, 5) is 0. The number of hydrogen-bond donors (Lipinski definition) is 2. The molecule has 0 bridgehead atoms. The van der Waals surface area contributed by atoms with Crippen LogP contribution in [0.25, 0.3) is 0 Å². The molecular formula is C15H32O5Si. The topological polar surface area (TPSA) is 68.2 Å². The van der Waals surface area contributed by atoms with Crippen LogP contribution in [0.1, 0.15) is 41.5 Å². The lowest BCUT2D eigenvalue weighted by atomic mass is 10.1. The number of aliphatic hydroxyl groups is 2. The fourth-order valence-corrected chi connectivity index (χ4v) is 2.93. The third kappa shape index (κ3) is 5.01. The highest BCUT2D eigenvalue weighted by Gasteiger charge is 2.47. The summed E-state index contributed by atoms with van der Waals surface area (Å²) in [7, 11) is -1.90. The highest BCUT2D eigenvalue weighted by atomic mass is 28.4. The zero-order chi connectivity index (χ0) is 16.6. The predicted octanol–water partition coefficient (Wildman–Crippen LogP) is 2.27. The molecule has 2 N–H and O–H groups in total. The van der Waals surface area contributed by atoms with Gasteiger partial charge in [-0.2, -0.15) is 0 Å². The molecule has 21 heavy (non-hydrogen) atoms. The number of hydrogen-bond acceptors (Lipinski definition) is 5. The molecule has 1 fully saturated rings. The zero-order valence-corrected chi connectivity index (χ0v) is 15.6. The third-order valence-electron chi connectivity index (χ3n) is 4.21. The standard InChI is InChI=1S/C15H32O5Si/c1-14(2,3)20-12-10(19-13(17)11(12)16)9-18-21(7,8)15(4,5)6/h10-13,16-17H,9H2,1-8H3/t10?,11-,12-,13?/m1/s1. The minimum Gasteiger partial charge on any atom is -0.414 e. The fraction of sp³-hybridized carbons (Fsp3) is 1.00. The van der Waals surface area contributed by atoms with Crippen molar-refractivity contribution in [2.45, 2.75) is 89.9 Å². The van der Waals surface area contributed by atoms with Crippen molar-refractivity contribution >= 4 is 8.32 Å². The number of aliphatic hydroxyl groups excluding tert-OH is 2. The highest BCUT2D eigenvalue weighted by molar-refractivity contribution is 6.74. The Kier molecular flexibility index (Phi) is 5.68. The van der Waals surface area contributed by atoms with Crippen LogP contribution in [0.3, 0.4) is 0 Å². The van der Waals surface area contributed by atoms with Crippen LogP contribution in [-0.2, 0) is 13.9 Å². The molecule has 0 radical (unpaired) electrons. The van der Waals surface area contributed by atoms with Gasteiger partial charge in [0.15, 0.2) is 14.6 Å². The van der Waals surface area contributed by atoms with Gasteiger partial charge in [-0.1, -0.05) is 20.8 Å². The van der Waals surface area contributed by atoms with Gasteiger partial charge >= 0.3 is 0 Å². The first-order valence-electron chi connectivity index (χ1n) is 7.58. The first kappa shape index (κ1) is 19.1. The third-order valence-corrected chi connectivity index (χ3v) is 8.71. The molecule has 0 saturated carbocycles. The van der Waals surface area contributed by atoms with Gasteiger partial charge in [-0.05, 0) is 38.9 Å². The van der Waals surface area contributed by atoms with Crippen LogP contribution in [0.2, 0.25) is 18.1 Å². The van der Waals surface area contributed by atoms with Gasteiger partial charge < -0.3 is 24.1 Å². The van der Waals surface area contributed by atoms with Crippen molar-refractivity contribution in [3.8, 4) is 0 Å². The normalized spacial score (nSPS) is 31.7. The Bertz CT molecular complexity index is 345. The summed E-state index contributed by atoms with van der Waals surface area (Å²) >= 11 is 0. The molecule has 1 rings (SSSR count). The van der Waals surface area contributed by atoms with Gasteiger partial charge in [0.2, 0.25) is 0 Å². The van der Waals surface area contributed by atoms with E-state index in [1.54, 1.807) is 0 Å². The van der Waals surface area contributed by atoms with E-state index in [0.29, 0.717) is 6.61 Å². The van der Waals surface area contributed by atoms with E-state index in [2.05, 4.69) is 33.9 Å². The average Bonchev–Trinajstić information content (AvgIpc) is 2.51. The first-order chi connectivity index (χ1) is 9.24. The molecule has 0 aromatic carbocycles. The van der Waals surface area contributed by atoms with Crippen molar-refractivity contribution in [1.82, 2.24) is 0 Å². The van der Waals surface area contributed by atoms with Crippen LogP contribution in [0.4, 0.5) is 0 Å². The lowest BCUT2D eigenvalue weighted by Crippen LogP contribution is -2.46. The van der Waals surface area contributed by atoms with Crippen molar-refractivity contribution in [2.75, 3.05) is 6.61 Å². The molecule has 1 aliphatic rings. The lowest BCUT2D eigenvalue weighted by molar-refractivity contribution is -0.132. The summed E-state index contributed by atoms with van der Waals surface area (Å²) in [5, 5.41) is 19.9. The van der Waals surface area contributed by atoms with E-state index in [4.69, 9.17) is 13.9 Å². The van der Waals surface area contributed by atoms with Crippen LogP contribution in [0, 0.1) is 0 Å².